The van der Waals surface area contributed by atoms with E-state index in [4.69, 9.17) is 4.74 Å². The summed E-state index contributed by atoms with van der Waals surface area (Å²) >= 11 is 0. The Morgan fingerprint density at radius 3 is 3.00 bits per heavy atom. The van der Waals surface area contributed by atoms with E-state index in [0.717, 1.165) is 24.2 Å². The number of ether oxygens (including phenoxy) is 1. The van der Waals surface area contributed by atoms with Crippen molar-refractivity contribution in [1.29, 1.82) is 0 Å². The van der Waals surface area contributed by atoms with Gasteiger partial charge in [-0.3, -0.25) is 4.79 Å². The Balaban J connectivity index is 1.41. The minimum Gasteiger partial charge on any atom is -0.497 e. The number of carbonyl (C=O) groups excluding carboxylic acids is 1. The molecule has 0 saturated carbocycles. The van der Waals surface area contributed by atoms with Crippen LogP contribution in [0.15, 0.2) is 53.6 Å². The van der Waals surface area contributed by atoms with Gasteiger partial charge in [0, 0.05) is 5.92 Å². The summed E-state index contributed by atoms with van der Waals surface area (Å²) in [6.45, 7) is 0. The zero-order chi connectivity index (χ0) is 17.9. The summed E-state index contributed by atoms with van der Waals surface area (Å²) in [5.41, 5.74) is 12.6. The molecular formula is C20H22N4O2. The lowest BCUT2D eigenvalue weighted by molar-refractivity contribution is -0.123. The Labute approximate surface area is 152 Å². The Kier molecular flexibility index (Phi) is 4.69. The van der Waals surface area contributed by atoms with Crippen LogP contribution in [0, 0.1) is 5.92 Å². The van der Waals surface area contributed by atoms with Gasteiger partial charge in [-0.1, -0.05) is 36.4 Å². The molecular weight excluding hydrogens is 328 g/mol. The first-order chi connectivity index (χ1) is 12.8. The monoisotopic (exact) mass is 350 g/mol. The highest BCUT2D eigenvalue weighted by Gasteiger charge is 2.43. The molecule has 1 fully saturated rings. The van der Waals surface area contributed by atoms with Gasteiger partial charge in [-0.25, -0.2) is 16.3 Å². The predicted molar refractivity (Wildman–Crippen MR) is 99.8 cm³/mol. The molecule has 3 N–H and O–H groups in total. The average molecular weight is 350 g/mol. The lowest BCUT2D eigenvalue weighted by Gasteiger charge is -2.29. The molecule has 4 rings (SSSR count). The van der Waals surface area contributed by atoms with Crippen molar-refractivity contribution in [2.75, 3.05) is 7.11 Å². The van der Waals surface area contributed by atoms with Gasteiger partial charge in [0.1, 0.15) is 11.8 Å². The molecule has 1 aliphatic heterocycles. The van der Waals surface area contributed by atoms with E-state index >= 15 is 0 Å². The van der Waals surface area contributed by atoms with Gasteiger partial charge in [0.2, 0.25) is 0 Å². The van der Waals surface area contributed by atoms with Gasteiger partial charge in [0.05, 0.1) is 19.4 Å². The number of hydrogen-bond acceptors (Lipinski definition) is 5. The molecule has 134 valence electrons. The third kappa shape index (κ3) is 3.21. The van der Waals surface area contributed by atoms with Crippen LogP contribution in [0.3, 0.4) is 0 Å². The zero-order valence-corrected chi connectivity index (χ0v) is 14.6. The molecule has 1 aliphatic carbocycles. The van der Waals surface area contributed by atoms with Crippen LogP contribution in [0.5, 0.6) is 5.75 Å². The number of carbonyl (C=O) groups is 1. The summed E-state index contributed by atoms with van der Waals surface area (Å²) in [6.07, 6.45) is 3.59. The molecule has 26 heavy (non-hydrogen) atoms. The molecule has 1 amide bonds. The van der Waals surface area contributed by atoms with Crippen LogP contribution in [-0.4, -0.2) is 25.3 Å². The number of methoxy groups -OCH3 is 1. The van der Waals surface area contributed by atoms with Crippen molar-refractivity contribution in [1.82, 2.24) is 16.3 Å². The maximum Gasteiger partial charge on any atom is 0.258 e. The van der Waals surface area contributed by atoms with Crippen molar-refractivity contribution in [3.8, 4) is 5.75 Å². The molecule has 3 unspecified atom stereocenters. The molecule has 1 heterocycles. The number of hydrazine groups is 1. The maximum absolute atomic E-state index is 12.6. The molecule has 0 radical (unpaired) electrons. The number of hydrogen-bond donors (Lipinski definition) is 3. The summed E-state index contributed by atoms with van der Waals surface area (Å²) in [6, 6.07) is 15.8. The van der Waals surface area contributed by atoms with Crippen LogP contribution in [0.25, 0.3) is 0 Å². The van der Waals surface area contributed by atoms with Crippen LogP contribution >= 0.6 is 0 Å². The molecule has 0 aromatic heterocycles. The molecule has 6 heteroatoms. The van der Waals surface area contributed by atoms with Crippen LogP contribution in [-0.2, 0) is 11.2 Å². The second-order valence-electron chi connectivity index (χ2n) is 6.66. The fourth-order valence-electron chi connectivity index (χ4n) is 3.84. The summed E-state index contributed by atoms with van der Waals surface area (Å²) in [5.74, 6) is 0.853. The molecule has 0 spiro atoms. The van der Waals surface area contributed by atoms with Crippen molar-refractivity contribution in [2.24, 2.45) is 11.0 Å². The van der Waals surface area contributed by atoms with Gasteiger partial charge in [-0.05, 0) is 41.7 Å². The van der Waals surface area contributed by atoms with Crippen LogP contribution < -0.4 is 21.0 Å². The van der Waals surface area contributed by atoms with E-state index in [1.54, 1.807) is 13.3 Å². The predicted octanol–water partition coefficient (Wildman–Crippen LogP) is 1.93. The molecule has 2 aromatic rings. The van der Waals surface area contributed by atoms with Crippen LogP contribution in [0.1, 0.15) is 29.2 Å². The van der Waals surface area contributed by atoms with Gasteiger partial charge in [0.15, 0.2) is 0 Å². The van der Waals surface area contributed by atoms with Crippen LogP contribution in [0.2, 0.25) is 0 Å². The van der Waals surface area contributed by atoms with Crippen molar-refractivity contribution < 1.29 is 9.53 Å². The average Bonchev–Trinajstić information content (AvgIpc) is 3.13. The molecule has 0 bridgehead atoms. The van der Waals surface area contributed by atoms with E-state index in [1.807, 2.05) is 24.3 Å². The smallest absolute Gasteiger partial charge is 0.258 e. The standard InChI is InChI=1S/C20H22N4O2/c1-26-15-7-4-5-13(11-15)12-21-24-20(25)19-17-10-9-14-6-2-3-8-16(14)18(17)22-23-19/h2-8,11-12,17-19,22-23H,9-10H2,1H3,(H,24,25)/b21-12+. The van der Waals surface area contributed by atoms with Gasteiger partial charge in [-0.15, -0.1) is 0 Å². The highest BCUT2D eigenvalue weighted by molar-refractivity contribution is 5.85. The third-order valence-corrected chi connectivity index (χ3v) is 5.15. The van der Waals surface area contributed by atoms with E-state index in [-0.39, 0.29) is 23.9 Å². The fourth-order valence-corrected chi connectivity index (χ4v) is 3.84. The number of nitrogens with zero attached hydrogens (tertiary/aromatic N) is 1. The first-order valence-corrected chi connectivity index (χ1v) is 8.82. The van der Waals surface area contributed by atoms with Gasteiger partial charge >= 0.3 is 0 Å². The highest BCUT2D eigenvalue weighted by atomic mass is 16.5. The third-order valence-electron chi connectivity index (χ3n) is 5.15. The second kappa shape index (κ2) is 7.27. The van der Waals surface area contributed by atoms with Crippen molar-refractivity contribution in [2.45, 2.75) is 24.9 Å². The Hall–Kier alpha value is -2.70. The van der Waals surface area contributed by atoms with Gasteiger partial charge < -0.3 is 4.74 Å². The number of fused-ring (bicyclic) bond motifs is 3. The minimum atomic E-state index is -0.296. The van der Waals surface area contributed by atoms with Crippen molar-refractivity contribution >= 4 is 12.1 Å². The van der Waals surface area contributed by atoms with E-state index in [1.165, 1.54) is 11.1 Å². The number of amides is 1. The number of aryl methyl sites for hydroxylation is 1. The Bertz CT molecular complexity index is 836. The molecule has 6 nitrogen and oxygen atoms in total. The second-order valence-corrected chi connectivity index (χ2v) is 6.66. The summed E-state index contributed by atoms with van der Waals surface area (Å²) in [5, 5.41) is 4.10. The van der Waals surface area contributed by atoms with E-state index in [9.17, 15) is 4.79 Å². The molecule has 2 aromatic carbocycles. The first kappa shape index (κ1) is 16.8. The number of benzene rings is 2. The zero-order valence-electron chi connectivity index (χ0n) is 14.6. The Morgan fingerprint density at radius 2 is 2.12 bits per heavy atom. The lowest BCUT2D eigenvalue weighted by Crippen LogP contribution is -2.44. The number of hydrazone groups is 1. The quantitative estimate of drug-likeness (QED) is 0.582. The van der Waals surface area contributed by atoms with E-state index in [2.05, 4.69) is 45.6 Å². The number of nitrogens with one attached hydrogen (secondary N) is 3. The first-order valence-electron chi connectivity index (χ1n) is 8.82. The topological polar surface area (TPSA) is 74.8 Å². The fraction of sp³-hybridized carbons (Fsp3) is 0.300. The van der Waals surface area contributed by atoms with Crippen molar-refractivity contribution in [3.63, 3.8) is 0 Å². The molecule has 2 aliphatic rings. The normalized spacial score (nSPS) is 24.1. The molecule has 3 atom stereocenters. The molecule has 1 saturated heterocycles. The van der Waals surface area contributed by atoms with Gasteiger partial charge in [-0.2, -0.15) is 5.10 Å². The maximum atomic E-state index is 12.6. The lowest BCUT2D eigenvalue weighted by atomic mass is 9.77. The van der Waals surface area contributed by atoms with Crippen molar-refractivity contribution in [3.05, 3.63) is 65.2 Å². The largest absolute Gasteiger partial charge is 0.497 e. The van der Waals surface area contributed by atoms with E-state index < -0.39 is 0 Å². The summed E-state index contributed by atoms with van der Waals surface area (Å²) in [4.78, 5) is 12.6. The van der Waals surface area contributed by atoms with Gasteiger partial charge in [0.25, 0.3) is 5.91 Å². The number of rotatable bonds is 4. The minimum absolute atomic E-state index is 0.122. The SMILES string of the molecule is COc1cccc(/C=N/NC(=O)C2NNC3c4ccccc4CCC23)c1. The Morgan fingerprint density at radius 1 is 1.23 bits per heavy atom. The summed E-state index contributed by atoms with van der Waals surface area (Å²) < 4.78 is 5.18. The summed E-state index contributed by atoms with van der Waals surface area (Å²) in [7, 11) is 1.62. The van der Waals surface area contributed by atoms with E-state index in [0.29, 0.717) is 0 Å². The highest BCUT2D eigenvalue weighted by Crippen LogP contribution is 2.38. The van der Waals surface area contributed by atoms with Crippen LogP contribution in [0.4, 0.5) is 0 Å².